The van der Waals surface area contributed by atoms with Crippen LogP contribution in [0.1, 0.15) is 74.7 Å². The molecule has 9 heteroatoms. The minimum Gasteiger partial charge on any atom is -0.440 e. The first-order valence-electron chi connectivity index (χ1n) is 18.9. The number of benzene rings is 3. The van der Waals surface area contributed by atoms with Crippen LogP contribution in [0.5, 0.6) is 5.75 Å². The molecule has 3 spiro atoms. The standard InChI is InChI=1S/C44H44F3NO5/c1-39-19-16-32(49)24-41(39)22-23-43(34(25-41)37(50)31-12-10-30(11-13-31)29-6-4-3-5-7-29)35(39)17-20-40(2)36(43)18-21-42(40)27-48(38(51)53-42)26-28-8-14-33(15-9-28)52-44(45,46)47/h3-15,22-23,25,32,35-36,49H,16-21,24,26-27H2,1-2H3. The number of amides is 1. The third kappa shape index (κ3) is 4.94. The number of hydrogen-bond donors (Lipinski definition) is 1. The minimum absolute atomic E-state index is 0.0219. The Kier molecular flexibility index (Phi) is 7.51. The molecule has 2 bridgehead atoms. The Labute approximate surface area is 307 Å². The van der Waals surface area contributed by atoms with E-state index in [-0.39, 0.29) is 35.3 Å². The predicted octanol–water partition coefficient (Wildman–Crippen LogP) is 9.69. The number of carbonyl (C=O) groups excluding carboxylic acids is 2. The second-order valence-corrected chi connectivity index (χ2v) is 17.0. The molecule has 6 aliphatic carbocycles. The van der Waals surface area contributed by atoms with Crippen LogP contribution in [0.25, 0.3) is 11.1 Å². The van der Waals surface area contributed by atoms with Gasteiger partial charge in [-0.2, -0.15) is 0 Å². The van der Waals surface area contributed by atoms with Crippen molar-refractivity contribution in [1.82, 2.24) is 4.90 Å². The summed E-state index contributed by atoms with van der Waals surface area (Å²) in [5, 5.41) is 11.0. The number of ether oxygens (including phenoxy) is 2. The number of halogens is 3. The lowest BCUT2D eigenvalue weighted by Gasteiger charge is -2.71. The van der Waals surface area contributed by atoms with Gasteiger partial charge < -0.3 is 14.6 Å². The van der Waals surface area contributed by atoms with Gasteiger partial charge in [0, 0.05) is 33.9 Å². The van der Waals surface area contributed by atoms with Gasteiger partial charge in [-0.1, -0.05) is 98.8 Å². The number of rotatable bonds is 6. The van der Waals surface area contributed by atoms with E-state index in [9.17, 15) is 23.1 Å². The summed E-state index contributed by atoms with van der Waals surface area (Å²) in [4.78, 5) is 30.3. The van der Waals surface area contributed by atoms with E-state index in [1.807, 2.05) is 42.5 Å². The SMILES string of the molecule is CC12CCC(O)CC13C=CC1(C(C(=O)c4ccc(-c5ccccc5)cc4)=C3)C2CCC2(C)C1CCC21CN(Cc2ccc(OC(F)(F)F)cc2)C(=O)O1. The van der Waals surface area contributed by atoms with Crippen LogP contribution in [0.2, 0.25) is 0 Å². The second-order valence-electron chi connectivity index (χ2n) is 17.0. The highest BCUT2D eigenvalue weighted by atomic mass is 19.4. The molecule has 1 heterocycles. The molecule has 1 N–H and O–H groups in total. The molecule has 276 valence electrons. The van der Waals surface area contributed by atoms with Crippen LogP contribution in [0.4, 0.5) is 18.0 Å². The Morgan fingerprint density at radius 3 is 2.25 bits per heavy atom. The summed E-state index contributed by atoms with van der Waals surface area (Å²) in [5.41, 5.74) is 1.91. The fraction of sp³-hybridized carbons (Fsp3) is 0.455. The molecule has 53 heavy (non-hydrogen) atoms. The maximum Gasteiger partial charge on any atom is 0.573 e. The first kappa shape index (κ1) is 34.4. The molecule has 1 aliphatic heterocycles. The maximum atomic E-state index is 15.0. The molecule has 7 aliphatic rings. The summed E-state index contributed by atoms with van der Waals surface area (Å²) >= 11 is 0. The lowest BCUT2D eigenvalue weighted by atomic mass is 9.32. The normalized spacial score (nSPS) is 36.8. The highest BCUT2D eigenvalue weighted by molar-refractivity contribution is 6.10. The molecule has 6 nitrogen and oxygen atoms in total. The summed E-state index contributed by atoms with van der Waals surface area (Å²) in [7, 11) is 0. The van der Waals surface area contributed by atoms with Crippen molar-refractivity contribution in [2.75, 3.05) is 6.54 Å². The van der Waals surface area contributed by atoms with Gasteiger partial charge in [-0.05, 0) is 91.0 Å². The van der Waals surface area contributed by atoms with Crippen LogP contribution < -0.4 is 4.74 Å². The van der Waals surface area contributed by atoms with Gasteiger partial charge >= 0.3 is 12.5 Å². The average Bonchev–Trinajstić information content (AvgIpc) is 3.62. The number of hydrogen-bond acceptors (Lipinski definition) is 5. The zero-order valence-electron chi connectivity index (χ0n) is 30.0. The fourth-order valence-electron chi connectivity index (χ4n) is 12.1. The van der Waals surface area contributed by atoms with Crippen molar-refractivity contribution in [3.05, 3.63) is 114 Å². The lowest BCUT2D eigenvalue weighted by Crippen LogP contribution is -2.67. The number of carbonyl (C=O) groups is 2. The minimum atomic E-state index is -4.78. The van der Waals surface area contributed by atoms with Crippen molar-refractivity contribution in [3.63, 3.8) is 0 Å². The first-order chi connectivity index (χ1) is 25.2. The molecule has 10 rings (SSSR count). The summed E-state index contributed by atoms with van der Waals surface area (Å²) in [6, 6.07) is 23.6. The number of fused-ring (bicyclic) bond motifs is 2. The Balaban J connectivity index is 1.06. The fourth-order valence-corrected chi connectivity index (χ4v) is 12.1. The van der Waals surface area contributed by atoms with E-state index in [1.165, 1.54) is 12.1 Å². The molecule has 3 aromatic carbocycles. The predicted molar refractivity (Wildman–Crippen MR) is 193 cm³/mol. The van der Waals surface area contributed by atoms with E-state index < -0.39 is 40.4 Å². The number of allylic oxidation sites excluding steroid dienone is 4. The van der Waals surface area contributed by atoms with Crippen molar-refractivity contribution in [3.8, 4) is 16.9 Å². The van der Waals surface area contributed by atoms with Crippen molar-refractivity contribution in [2.45, 2.75) is 83.4 Å². The van der Waals surface area contributed by atoms with Crippen molar-refractivity contribution in [2.24, 2.45) is 33.5 Å². The van der Waals surface area contributed by atoms with E-state index in [0.717, 1.165) is 48.8 Å². The van der Waals surface area contributed by atoms with E-state index in [0.29, 0.717) is 30.5 Å². The maximum absolute atomic E-state index is 15.0. The van der Waals surface area contributed by atoms with E-state index in [4.69, 9.17) is 4.74 Å². The van der Waals surface area contributed by atoms with Gasteiger partial charge in [0.05, 0.1) is 12.6 Å². The molecule has 8 unspecified atom stereocenters. The van der Waals surface area contributed by atoms with Crippen LogP contribution >= 0.6 is 0 Å². The summed E-state index contributed by atoms with van der Waals surface area (Å²) < 4.78 is 48.7. The lowest BCUT2D eigenvalue weighted by molar-refractivity contribution is -0.274. The van der Waals surface area contributed by atoms with Gasteiger partial charge in [0.2, 0.25) is 0 Å². The Bertz CT molecular complexity index is 2030. The quantitative estimate of drug-likeness (QED) is 0.203. The highest BCUT2D eigenvalue weighted by Crippen LogP contribution is 2.79. The van der Waals surface area contributed by atoms with Crippen molar-refractivity contribution < 1.29 is 37.3 Å². The van der Waals surface area contributed by atoms with Crippen molar-refractivity contribution in [1.29, 1.82) is 0 Å². The molecular formula is C44H44F3NO5. The number of Topliss-reactive ketones (excluding diaryl/α,β-unsaturated/α-hetero) is 1. The molecular weight excluding hydrogens is 679 g/mol. The topological polar surface area (TPSA) is 76.1 Å². The Hall–Kier alpha value is -4.37. The third-order valence-electron chi connectivity index (χ3n) is 14.7. The van der Waals surface area contributed by atoms with E-state index in [1.54, 1.807) is 17.0 Å². The summed E-state index contributed by atoms with van der Waals surface area (Å²) in [6.45, 7) is 5.20. The van der Waals surface area contributed by atoms with Crippen LogP contribution in [0.15, 0.2) is 103 Å². The Morgan fingerprint density at radius 1 is 0.868 bits per heavy atom. The van der Waals surface area contributed by atoms with Crippen LogP contribution in [-0.4, -0.2) is 46.5 Å². The average molecular weight is 724 g/mol. The molecule has 0 aromatic heterocycles. The van der Waals surface area contributed by atoms with E-state index >= 15 is 4.79 Å². The van der Waals surface area contributed by atoms with Crippen LogP contribution in [0.3, 0.4) is 0 Å². The molecule has 3 aromatic rings. The second kappa shape index (κ2) is 11.6. The number of aliphatic hydroxyl groups excluding tert-OH is 1. The smallest absolute Gasteiger partial charge is 0.440 e. The van der Waals surface area contributed by atoms with Gasteiger partial charge in [-0.3, -0.25) is 9.69 Å². The number of nitrogens with zero attached hydrogens (tertiary/aromatic N) is 1. The van der Waals surface area contributed by atoms with Gasteiger partial charge in [-0.25, -0.2) is 4.79 Å². The molecule has 0 radical (unpaired) electrons. The summed E-state index contributed by atoms with van der Waals surface area (Å²) in [6.07, 6.45) is 6.60. The molecule has 8 atom stereocenters. The Morgan fingerprint density at radius 2 is 1.53 bits per heavy atom. The molecule has 4 fully saturated rings. The largest absolute Gasteiger partial charge is 0.573 e. The first-order valence-corrected chi connectivity index (χ1v) is 18.9. The van der Waals surface area contributed by atoms with Gasteiger partial charge in [0.15, 0.2) is 5.78 Å². The monoisotopic (exact) mass is 723 g/mol. The van der Waals surface area contributed by atoms with Gasteiger partial charge in [0.1, 0.15) is 11.4 Å². The zero-order valence-corrected chi connectivity index (χ0v) is 30.0. The van der Waals surface area contributed by atoms with Crippen molar-refractivity contribution >= 4 is 11.9 Å². The number of alkyl halides is 3. The third-order valence-corrected chi connectivity index (χ3v) is 14.7. The van der Waals surface area contributed by atoms with Crippen LogP contribution in [0, 0.1) is 33.5 Å². The number of aliphatic hydroxyl groups is 1. The molecule has 1 saturated heterocycles. The van der Waals surface area contributed by atoms with Gasteiger partial charge in [-0.15, -0.1) is 13.2 Å². The molecule has 1 amide bonds. The zero-order chi connectivity index (χ0) is 37.0. The summed E-state index contributed by atoms with van der Waals surface area (Å²) in [5.74, 6) is -0.0856. The van der Waals surface area contributed by atoms with E-state index in [2.05, 4.69) is 48.9 Å². The molecule has 3 saturated carbocycles. The van der Waals surface area contributed by atoms with Gasteiger partial charge in [0.25, 0.3) is 0 Å². The van der Waals surface area contributed by atoms with Crippen LogP contribution in [-0.2, 0) is 11.3 Å². The highest BCUT2D eigenvalue weighted by Gasteiger charge is 2.76. The number of ketones is 1.